The van der Waals surface area contributed by atoms with Crippen molar-refractivity contribution in [2.75, 3.05) is 11.9 Å². The molecule has 19 heavy (non-hydrogen) atoms. The first-order chi connectivity index (χ1) is 9.11. The molecule has 0 atom stereocenters. The van der Waals surface area contributed by atoms with Crippen LogP contribution in [0.25, 0.3) is 11.3 Å². The molecule has 2 aromatic rings. The van der Waals surface area contributed by atoms with E-state index < -0.39 is 10.7 Å². The molecule has 0 spiro atoms. The van der Waals surface area contributed by atoms with Crippen molar-refractivity contribution >= 4 is 11.6 Å². The fourth-order valence-corrected chi connectivity index (χ4v) is 1.51. The zero-order valence-corrected chi connectivity index (χ0v) is 10.00. The van der Waals surface area contributed by atoms with E-state index in [0.29, 0.717) is 6.54 Å². The zero-order chi connectivity index (χ0) is 13.8. The van der Waals surface area contributed by atoms with Crippen LogP contribution in [0.3, 0.4) is 0 Å². The number of rotatable bonds is 4. The number of nitrogens with one attached hydrogen (secondary N) is 1. The Morgan fingerprint density at radius 3 is 2.84 bits per heavy atom. The molecule has 0 radical (unpaired) electrons. The van der Waals surface area contributed by atoms with Crippen molar-refractivity contribution in [3.8, 4) is 11.3 Å². The standard InChI is InChI=1S/C11H10FN5O2/c1-2-14-11-15-6-9(17(18)19)10(16-11)7-3-8(12)5-13-4-7/h3-6H,2H2,1H3,(H,14,15,16). The normalized spacial score (nSPS) is 10.2. The van der Waals surface area contributed by atoms with Gasteiger partial charge in [0.25, 0.3) is 0 Å². The summed E-state index contributed by atoms with van der Waals surface area (Å²) in [6, 6.07) is 1.14. The van der Waals surface area contributed by atoms with Crippen LogP contribution in [0.5, 0.6) is 0 Å². The first-order valence-corrected chi connectivity index (χ1v) is 5.48. The van der Waals surface area contributed by atoms with E-state index in [1.165, 1.54) is 6.20 Å². The van der Waals surface area contributed by atoms with Gasteiger partial charge in [0, 0.05) is 18.3 Å². The molecule has 2 rings (SSSR count). The molecule has 0 unspecified atom stereocenters. The molecule has 0 aliphatic rings. The third kappa shape index (κ3) is 2.79. The average Bonchev–Trinajstić information content (AvgIpc) is 2.39. The predicted octanol–water partition coefficient (Wildman–Crippen LogP) is 2.02. The maximum absolute atomic E-state index is 13.1. The molecule has 0 saturated heterocycles. The van der Waals surface area contributed by atoms with Crippen molar-refractivity contribution in [3.63, 3.8) is 0 Å². The Balaban J connectivity index is 2.57. The van der Waals surface area contributed by atoms with E-state index in [9.17, 15) is 14.5 Å². The van der Waals surface area contributed by atoms with Gasteiger partial charge in [-0.25, -0.2) is 14.4 Å². The van der Waals surface area contributed by atoms with Gasteiger partial charge in [0.1, 0.15) is 12.0 Å². The number of hydrogen-bond donors (Lipinski definition) is 1. The summed E-state index contributed by atoms with van der Waals surface area (Å²) < 4.78 is 13.1. The Morgan fingerprint density at radius 1 is 1.42 bits per heavy atom. The van der Waals surface area contributed by atoms with Gasteiger partial charge in [0.05, 0.1) is 11.1 Å². The quantitative estimate of drug-likeness (QED) is 0.669. The Bertz CT molecular complexity index is 620. The topological polar surface area (TPSA) is 93.8 Å². The highest BCUT2D eigenvalue weighted by molar-refractivity contribution is 5.69. The Labute approximate surface area is 107 Å². The second-order valence-corrected chi connectivity index (χ2v) is 3.61. The fraction of sp³-hybridized carbons (Fsp3) is 0.182. The summed E-state index contributed by atoms with van der Waals surface area (Å²) in [7, 11) is 0. The van der Waals surface area contributed by atoms with Gasteiger partial charge in [-0.05, 0) is 13.0 Å². The Kier molecular flexibility index (Phi) is 3.60. The third-order valence-corrected chi connectivity index (χ3v) is 2.28. The lowest BCUT2D eigenvalue weighted by Crippen LogP contribution is -2.05. The van der Waals surface area contributed by atoms with E-state index in [2.05, 4.69) is 20.3 Å². The molecule has 2 heterocycles. The van der Waals surface area contributed by atoms with Crippen LogP contribution in [-0.4, -0.2) is 26.4 Å². The van der Waals surface area contributed by atoms with Crippen molar-refractivity contribution in [1.29, 1.82) is 0 Å². The van der Waals surface area contributed by atoms with E-state index in [1.807, 2.05) is 6.92 Å². The van der Waals surface area contributed by atoms with Gasteiger partial charge in [-0.15, -0.1) is 0 Å². The molecule has 2 aromatic heterocycles. The smallest absolute Gasteiger partial charge is 0.313 e. The van der Waals surface area contributed by atoms with E-state index in [0.717, 1.165) is 18.5 Å². The molecular formula is C11H10FN5O2. The Morgan fingerprint density at radius 2 is 2.21 bits per heavy atom. The van der Waals surface area contributed by atoms with Gasteiger partial charge < -0.3 is 5.32 Å². The molecule has 0 fully saturated rings. The number of aromatic nitrogens is 3. The molecule has 0 bridgehead atoms. The van der Waals surface area contributed by atoms with E-state index in [4.69, 9.17) is 0 Å². The lowest BCUT2D eigenvalue weighted by molar-refractivity contribution is -0.384. The first-order valence-electron chi connectivity index (χ1n) is 5.48. The molecule has 98 valence electrons. The minimum absolute atomic E-state index is 0.0305. The van der Waals surface area contributed by atoms with E-state index >= 15 is 0 Å². The summed E-state index contributed by atoms with van der Waals surface area (Å²) in [5.74, 6) is -0.345. The fourth-order valence-electron chi connectivity index (χ4n) is 1.51. The molecule has 8 heteroatoms. The van der Waals surface area contributed by atoms with Gasteiger partial charge in [0.15, 0.2) is 5.69 Å². The average molecular weight is 263 g/mol. The number of anilines is 1. The molecule has 0 saturated carbocycles. The van der Waals surface area contributed by atoms with Crippen LogP contribution in [0, 0.1) is 15.9 Å². The summed E-state index contributed by atoms with van der Waals surface area (Å²) in [4.78, 5) is 21.8. The molecule has 0 aliphatic heterocycles. The SMILES string of the molecule is CCNc1ncc([N+](=O)[O-])c(-c2cncc(F)c2)n1. The van der Waals surface area contributed by atoms with Crippen LogP contribution in [0.2, 0.25) is 0 Å². The molecule has 0 aromatic carbocycles. The molecular weight excluding hydrogens is 253 g/mol. The summed E-state index contributed by atoms with van der Waals surface area (Å²) in [5, 5.41) is 13.8. The summed E-state index contributed by atoms with van der Waals surface area (Å²) in [6.07, 6.45) is 3.42. The third-order valence-electron chi connectivity index (χ3n) is 2.28. The highest BCUT2D eigenvalue weighted by atomic mass is 19.1. The van der Waals surface area contributed by atoms with Crippen LogP contribution in [0.4, 0.5) is 16.0 Å². The lowest BCUT2D eigenvalue weighted by Gasteiger charge is -2.05. The summed E-state index contributed by atoms with van der Waals surface area (Å²) >= 11 is 0. The minimum Gasteiger partial charge on any atom is -0.354 e. The second-order valence-electron chi connectivity index (χ2n) is 3.61. The van der Waals surface area contributed by atoms with Gasteiger partial charge >= 0.3 is 5.69 Å². The second kappa shape index (κ2) is 5.34. The zero-order valence-electron chi connectivity index (χ0n) is 10.00. The molecule has 0 amide bonds. The van der Waals surface area contributed by atoms with E-state index in [1.54, 1.807) is 0 Å². The van der Waals surface area contributed by atoms with Crippen molar-refractivity contribution in [1.82, 2.24) is 15.0 Å². The maximum Gasteiger partial charge on any atom is 0.313 e. The highest BCUT2D eigenvalue weighted by Gasteiger charge is 2.19. The van der Waals surface area contributed by atoms with Crippen LogP contribution in [0.1, 0.15) is 6.92 Å². The molecule has 1 N–H and O–H groups in total. The first kappa shape index (κ1) is 12.8. The number of halogens is 1. The van der Waals surface area contributed by atoms with Gasteiger partial charge in [0.2, 0.25) is 5.95 Å². The highest BCUT2D eigenvalue weighted by Crippen LogP contribution is 2.27. The summed E-state index contributed by atoms with van der Waals surface area (Å²) in [6.45, 7) is 2.41. The minimum atomic E-state index is -0.615. The number of nitrogens with zero attached hydrogens (tertiary/aromatic N) is 4. The van der Waals surface area contributed by atoms with Crippen LogP contribution in [-0.2, 0) is 0 Å². The van der Waals surface area contributed by atoms with Crippen LogP contribution in [0.15, 0.2) is 24.7 Å². The number of nitro groups is 1. The van der Waals surface area contributed by atoms with Crippen molar-refractivity contribution in [2.45, 2.75) is 6.92 Å². The van der Waals surface area contributed by atoms with E-state index in [-0.39, 0.29) is 22.9 Å². The Hall–Kier alpha value is -2.64. The van der Waals surface area contributed by atoms with Crippen LogP contribution < -0.4 is 5.32 Å². The molecule has 7 nitrogen and oxygen atoms in total. The van der Waals surface area contributed by atoms with Gasteiger partial charge in [-0.1, -0.05) is 0 Å². The van der Waals surface area contributed by atoms with Crippen LogP contribution >= 0.6 is 0 Å². The number of pyridine rings is 1. The van der Waals surface area contributed by atoms with Crippen molar-refractivity contribution in [3.05, 3.63) is 40.6 Å². The lowest BCUT2D eigenvalue weighted by atomic mass is 10.2. The van der Waals surface area contributed by atoms with Gasteiger partial charge in [-0.3, -0.25) is 15.1 Å². The maximum atomic E-state index is 13.1. The van der Waals surface area contributed by atoms with Crippen molar-refractivity contribution < 1.29 is 9.31 Å². The monoisotopic (exact) mass is 263 g/mol. The largest absolute Gasteiger partial charge is 0.354 e. The van der Waals surface area contributed by atoms with Crippen molar-refractivity contribution in [2.24, 2.45) is 0 Å². The van der Waals surface area contributed by atoms with Gasteiger partial charge in [-0.2, -0.15) is 0 Å². The molecule has 0 aliphatic carbocycles. The number of hydrogen-bond acceptors (Lipinski definition) is 6. The predicted molar refractivity (Wildman–Crippen MR) is 66.0 cm³/mol. The summed E-state index contributed by atoms with van der Waals surface area (Å²) in [5.41, 5.74) is -0.0368.